The Hall–Kier alpha value is -4.94. The molecule has 40 heavy (non-hydrogen) atoms. The summed E-state index contributed by atoms with van der Waals surface area (Å²) in [5.41, 5.74) is 8.13. The average molecular weight is 545 g/mol. The van der Waals surface area contributed by atoms with Crippen molar-refractivity contribution in [2.45, 2.75) is 51.5 Å². The topological polar surface area (TPSA) is 168 Å². The van der Waals surface area contributed by atoms with Gasteiger partial charge in [-0.15, -0.1) is 0 Å². The number of rotatable bonds is 9. The standard InChI is InChI=1S/C27H28N8O5/c1-3-34-19(10-15(2)33-34)24(37)32-25-31-18-11-16(23(28)36)12-20-22(18)35(25)27(13-21(27)40-20)7-9-30-26(38)39-14-17-6-4-5-8-29-17/h4-6,8,10-12,21H,3,7,9,13-14H2,1-2H3,(H2,28,36)(H,30,38)(H,31,32,37)/t21?,27-/m1/s1. The average Bonchev–Trinajstić information content (AvgIpc) is 3.31. The van der Waals surface area contributed by atoms with E-state index in [1.54, 1.807) is 41.2 Å². The Morgan fingerprint density at radius 1 is 1.25 bits per heavy atom. The Kier molecular flexibility index (Phi) is 6.12. The lowest BCUT2D eigenvalue weighted by Crippen LogP contribution is -2.35. The van der Waals surface area contributed by atoms with Crippen molar-refractivity contribution in [3.63, 3.8) is 0 Å². The minimum atomic E-state index is -0.606. The number of hydrogen-bond donors (Lipinski definition) is 3. The molecule has 4 N–H and O–H groups in total. The summed E-state index contributed by atoms with van der Waals surface area (Å²) in [6.45, 7) is 4.62. The van der Waals surface area contributed by atoms with Gasteiger partial charge in [-0.05, 0) is 50.6 Å². The summed E-state index contributed by atoms with van der Waals surface area (Å²) in [5.74, 6) is -0.187. The van der Waals surface area contributed by atoms with Crippen molar-refractivity contribution in [1.29, 1.82) is 0 Å². The molecule has 1 fully saturated rings. The van der Waals surface area contributed by atoms with Gasteiger partial charge in [0.1, 0.15) is 29.7 Å². The number of imidazole rings is 1. The van der Waals surface area contributed by atoms with Crippen LogP contribution in [0.15, 0.2) is 42.6 Å². The van der Waals surface area contributed by atoms with Crippen LogP contribution in [0.2, 0.25) is 0 Å². The predicted molar refractivity (Wildman–Crippen MR) is 143 cm³/mol. The van der Waals surface area contributed by atoms with E-state index < -0.39 is 17.5 Å². The van der Waals surface area contributed by atoms with Gasteiger partial charge in [-0.1, -0.05) is 6.07 Å². The number of carbonyl (C=O) groups excluding carboxylic acids is 3. The van der Waals surface area contributed by atoms with Gasteiger partial charge < -0.3 is 20.5 Å². The SMILES string of the molecule is CCn1nc(C)cc1C(=O)Nc1nc2cc(C(N)=O)cc3c2n1[C@]1(CCNC(=O)OCc2ccccn2)CC1O3. The van der Waals surface area contributed by atoms with Crippen LogP contribution in [0.3, 0.4) is 0 Å². The third-order valence-corrected chi connectivity index (χ3v) is 7.26. The van der Waals surface area contributed by atoms with Crippen molar-refractivity contribution >= 4 is 34.9 Å². The molecule has 1 unspecified atom stereocenters. The molecule has 13 nitrogen and oxygen atoms in total. The number of amides is 3. The van der Waals surface area contributed by atoms with E-state index in [2.05, 4.69) is 25.7 Å². The van der Waals surface area contributed by atoms with E-state index in [1.165, 1.54) is 0 Å². The number of pyridine rings is 1. The van der Waals surface area contributed by atoms with Crippen LogP contribution in [0.5, 0.6) is 5.75 Å². The molecule has 3 amide bonds. The van der Waals surface area contributed by atoms with Crippen molar-refractivity contribution in [2.24, 2.45) is 5.73 Å². The summed E-state index contributed by atoms with van der Waals surface area (Å²) >= 11 is 0. The number of ether oxygens (including phenoxy) is 2. The lowest BCUT2D eigenvalue weighted by Gasteiger charge is -2.27. The summed E-state index contributed by atoms with van der Waals surface area (Å²) in [4.78, 5) is 46.4. The maximum absolute atomic E-state index is 13.3. The number of aryl methyl sites for hydroxylation is 2. The van der Waals surface area contributed by atoms with Crippen LogP contribution >= 0.6 is 0 Å². The molecule has 2 atom stereocenters. The van der Waals surface area contributed by atoms with E-state index in [9.17, 15) is 14.4 Å². The number of carbonyl (C=O) groups is 3. The molecule has 3 aromatic heterocycles. The highest BCUT2D eigenvalue weighted by Gasteiger charge is 2.62. The van der Waals surface area contributed by atoms with E-state index >= 15 is 0 Å². The van der Waals surface area contributed by atoms with Gasteiger partial charge in [0.05, 0.1) is 22.4 Å². The zero-order valence-electron chi connectivity index (χ0n) is 22.0. The van der Waals surface area contributed by atoms with Gasteiger partial charge in [-0.25, -0.2) is 9.78 Å². The van der Waals surface area contributed by atoms with E-state index in [4.69, 9.17) is 15.2 Å². The predicted octanol–water partition coefficient (Wildman–Crippen LogP) is 2.48. The van der Waals surface area contributed by atoms with Gasteiger partial charge in [0.15, 0.2) is 0 Å². The normalized spacial score (nSPS) is 18.5. The molecule has 4 aromatic rings. The molecule has 0 spiro atoms. The summed E-state index contributed by atoms with van der Waals surface area (Å²) in [6, 6.07) is 10.3. The smallest absolute Gasteiger partial charge is 0.407 e. The van der Waals surface area contributed by atoms with Crippen LogP contribution in [-0.4, -0.2) is 54.9 Å². The molecule has 1 aromatic carbocycles. The fourth-order valence-corrected chi connectivity index (χ4v) is 5.29. The molecule has 0 radical (unpaired) electrons. The second kappa shape index (κ2) is 9.67. The number of fused-ring (bicyclic) bond motifs is 2. The summed E-state index contributed by atoms with van der Waals surface area (Å²) in [7, 11) is 0. The first-order chi connectivity index (χ1) is 19.3. The van der Waals surface area contributed by atoms with Gasteiger partial charge in [-0.3, -0.25) is 29.1 Å². The Morgan fingerprint density at radius 2 is 2.10 bits per heavy atom. The Balaban J connectivity index is 1.27. The Bertz CT molecular complexity index is 1650. The minimum Gasteiger partial charge on any atom is -0.486 e. The highest BCUT2D eigenvalue weighted by Crippen LogP contribution is 2.56. The molecule has 6 rings (SSSR count). The van der Waals surface area contributed by atoms with Gasteiger partial charge in [0, 0.05) is 31.3 Å². The second-order valence-corrected chi connectivity index (χ2v) is 9.91. The van der Waals surface area contributed by atoms with E-state index in [0.717, 1.165) is 5.69 Å². The van der Waals surface area contributed by atoms with Crippen LogP contribution in [0.1, 0.15) is 52.0 Å². The lowest BCUT2D eigenvalue weighted by atomic mass is 10.1. The lowest BCUT2D eigenvalue weighted by molar-refractivity contribution is 0.0995. The van der Waals surface area contributed by atoms with Crippen molar-refractivity contribution in [3.05, 3.63) is 65.2 Å². The monoisotopic (exact) mass is 544 g/mol. The Morgan fingerprint density at radius 3 is 2.85 bits per heavy atom. The van der Waals surface area contributed by atoms with Crippen molar-refractivity contribution in [2.75, 3.05) is 11.9 Å². The van der Waals surface area contributed by atoms with Gasteiger partial charge in [0.25, 0.3) is 5.91 Å². The molecule has 1 aliphatic carbocycles. The number of aromatic nitrogens is 5. The molecule has 0 bridgehead atoms. The maximum atomic E-state index is 13.3. The Labute approximate surface area is 228 Å². The molecule has 0 saturated heterocycles. The van der Waals surface area contributed by atoms with Crippen LogP contribution in [0, 0.1) is 6.92 Å². The molecule has 1 saturated carbocycles. The first-order valence-corrected chi connectivity index (χ1v) is 13.0. The maximum Gasteiger partial charge on any atom is 0.407 e. The van der Waals surface area contributed by atoms with E-state index in [1.807, 2.05) is 24.5 Å². The van der Waals surface area contributed by atoms with E-state index in [-0.39, 0.29) is 24.2 Å². The minimum absolute atomic E-state index is 0.0608. The number of nitrogens with one attached hydrogen (secondary N) is 2. The summed E-state index contributed by atoms with van der Waals surface area (Å²) < 4.78 is 15.1. The molecular weight excluding hydrogens is 516 g/mol. The number of alkyl carbamates (subject to hydrolysis) is 1. The molecule has 206 valence electrons. The molecule has 4 heterocycles. The summed E-state index contributed by atoms with van der Waals surface area (Å²) in [5, 5.41) is 10.1. The molecule has 13 heteroatoms. The number of nitrogens with zero attached hydrogens (tertiary/aromatic N) is 5. The van der Waals surface area contributed by atoms with E-state index in [0.29, 0.717) is 60.1 Å². The van der Waals surface area contributed by atoms with Crippen molar-refractivity contribution in [3.8, 4) is 5.75 Å². The second-order valence-electron chi connectivity index (χ2n) is 9.91. The zero-order chi connectivity index (χ0) is 28.0. The number of hydrogen-bond acceptors (Lipinski definition) is 8. The third-order valence-electron chi connectivity index (χ3n) is 7.26. The van der Waals surface area contributed by atoms with Crippen molar-refractivity contribution in [1.82, 2.24) is 29.6 Å². The first kappa shape index (κ1) is 25.3. The highest BCUT2D eigenvalue weighted by atomic mass is 16.5. The quantitative estimate of drug-likeness (QED) is 0.289. The molecular formula is C27H28N8O5. The largest absolute Gasteiger partial charge is 0.486 e. The number of nitrogens with two attached hydrogens (primary N) is 1. The number of anilines is 1. The van der Waals surface area contributed by atoms with Crippen LogP contribution in [0.4, 0.5) is 10.7 Å². The summed E-state index contributed by atoms with van der Waals surface area (Å²) in [6.07, 6.45) is 1.95. The van der Waals surface area contributed by atoms with Crippen LogP contribution in [0.25, 0.3) is 11.0 Å². The molecule has 1 aliphatic heterocycles. The van der Waals surface area contributed by atoms with Crippen LogP contribution in [-0.2, 0) is 23.4 Å². The first-order valence-electron chi connectivity index (χ1n) is 13.0. The van der Waals surface area contributed by atoms with Gasteiger partial charge in [-0.2, -0.15) is 5.10 Å². The highest BCUT2D eigenvalue weighted by molar-refractivity contribution is 6.04. The van der Waals surface area contributed by atoms with Gasteiger partial charge in [0.2, 0.25) is 11.9 Å². The van der Waals surface area contributed by atoms with Crippen molar-refractivity contribution < 1.29 is 23.9 Å². The number of benzene rings is 1. The fourth-order valence-electron chi connectivity index (χ4n) is 5.29. The molecule has 2 aliphatic rings. The fraction of sp³-hybridized carbons (Fsp3) is 0.333. The zero-order valence-corrected chi connectivity index (χ0v) is 22.0. The van der Waals surface area contributed by atoms with Crippen LogP contribution < -0.4 is 21.1 Å². The van der Waals surface area contributed by atoms with Gasteiger partial charge >= 0.3 is 6.09 Å². The number of primary amides is 1. The third kappa shape index (κ3) is 4.38.